The highest BCUT2D eigenvalue weighted by molar-refractivity contribution is 5.96. The van der Waals surface area contributed by atoms with Crippen LogP contribution in [0.1, 0.15) is 53.9 Å². The summed E-state index contributed by atoms with van der Waals surface area (Å²) in [4.78, 5) is 16.9. The fraction of sp³-hybridized carbons (Fsp3) is 0.333. The molecule has 10 heteroatoms. The van der Waals surface area contributed by atoms with Crippen LogP contribution >= 0.6 is 0 Å². The average molecular weight is 519 g/mol. The molecule has 0 spiro atoms. The molecule has 0 bridgehead atoms. The number of alkyl halides is 3. The molecule has 0 fully saturated rings. The standard InChI is InChI=1S/C27H26F4N2O4/c1-15-10-16(4-6-19(15)28)20-12-18(25(2,3)32)13-24(33-20)26(35,27(29,30)31)9-8-21(34)17-5-7-22-23(11-17)37-14-36-22/h4-7,10-13,35H,8-9,14,32H2,1-3H3. The number of aliphatic hydroxyl groups is 1. The van der Waals surface area contributed by atoms with Gasteiger partial charge in [0.05, 0.1) is 11.4 Å². The SMILES string of the molecule is Cc1cc(-c2cc(C(C)(C)N)cc(C(O)(CCC(=O)c3ccc4c(c3)OCO4)C(F)(F)F)n2)ccc1F. The van der Waals surface area contributed by atoms with Crippen LogP contribution < -0.4 is 15.2 Å². The number of Topliss-reactive ketones (excluding diaryl/α,β-unsaturated/α-hetero) is 1. The second-order valence-electron chi connectivity index (χ2n) is 9.66. The summed E-state index contributed by atoms with van der Waals surface area (Å²) in [5.41, 5.74) is 2.07. The number of fused-ring (bicyclic) bond motifs is 1. The Bertz CT molecular complexity index is 1350. The molecule has 0 aliphatic carbocycles. The Kier molecular flexibility index (Phi) is 6.76. The predicted molar refractivity (Wildman–Crippen MR) is 128 cm³/mol. The summed E-state index contributed by atoms with van der Waals surface area (Å²) in [6, 6.07) is 10.9. The lowest BCUT2D eigenvalue weighted by molar-refractivity contribution is -0.270. The lowest BCUT2D eigenvalue weighted by Gasteiger charge is -2.32. The smallest absolute Gasteiger partial charge is 0.422 e. The predicted octanol–water partition coefficient (Wildman–Crippen LogP) is 5.53. The molecule has 1 aromatic heterocycles. The van der Waals surface area contributed by atoms with E-state index < -0.39 is 47.5 Å². The molecule has 4 rings (SSSR count). The number of pyridine rings is 1. The first kappa shape index (κ1) is 26.6. The molecule has 196 valence electrons. The number of carbonyl (C=O) groups excluding carboxylic acids is 1. The van der Waals surface area contributed by atoms with Crippen molar-refractivity contribution in [3.63, 3.8) is 0 Å². The monoisotopic (exact) mass is 518 g/mol. The number of nitrogens with zero attached hydrogens (tertiary/aromatic N) is 1. The number of ether oxygens (including phenoxy) is 2. The van der Waals surface area contributed by atoms with Crippen molar-refractivity contribution in [3.8, 4) is 22.8 Å². The van der Waals surface area contributed by atoms with Crippen molar-refractivity contribution in [1.29, 1.82) is 0 Å². The Morgan fingerprint density at radius 2 is 1.76 bits per heavy atom. The summed E-state index contributed by atoms with van der Waals surface area (Å²) in [6.45, 7) is 4.70. The van der Waals surface area contributed by atoms with Gasteiger partial charge in [-0.25, -0.2) is 9.37 Å². The molecule has 0 radical (unpaired) electrons. The van der Waals surface area contributed by atoms with Crippen molar-refractivity contribution in [1.82, 2.24) is 4.98 Å². The number of carbonyl (C=O) groups is 1. The van der Waals surface area contributed by atoms with E-state index in [-0.39, 0.29) is 29.2 Å². The summed E-state index contributed by atoms with van der Waals surface area (Å²) in [5, 5.41) is 11.0. The molecule has 1 unspecified atom stereocenters. The van der Waals surface area contributed by atoms with Crippen molar-refractivity contribution in [2.75, 3.05) is 6.79 Å². The van der Waals surface area contributed by atoms with E-state index in [1.165, 1.54) is 49.4 Å². The lowest BCUT2D eigenvalue weighted by Crippen LogP contribution is -2.44. The maximum Gasteiger partial charge on any atom is 0.422 e. The third kappa shape index (κ3) is 5.30. The van der Waals surface area contributed by atoms with E-state index in [1.807, 2.05) is 0 Å². The molecule has 0 saturated carbocycles. The Morgan fingerprint density at radius 3 is 2.41 bits per heavy atom. The van der Waals surface area contributed by atoms with Crippen LogP contribution in [0, 0.1) is 12.7 Å². The Morgan fingerprint density at radius 1 is 1.05 bits per heavy atom. The van der Waals surface area contributed by atoms with Gasteiger partial charge in [-0.15, -0.1) is 0 Å². The second kappa shape index (κ2) is 9.42. The fourth-order valence-electron chi connectivity index (χ4n) is 3.99. The first-order chi connectivity index (χ1) is 17.2. The third-order valence-corrected chi connectivity index (χ3v) is 6.32. The zero-order valence-electron chi connectivity index (χ0n) is 20.4. The molecule has 2 heterocycles. The van der Waals surface area contributed by atoms with E-state index in [1.54, 1.807) is 13.8 Å². The van der Waals surface area contributed by atoms with Crippen LogP contribution in [0.25, 0.3) is 11.3 Å². The van der Waals surface area contributed by atoms with Gasteiger partial charge in [0.15, 0.2) is 17.3 Å². The molecule has 37 heavy (non-hydrogen) atoms. The van der Waals surface area contributed by atoms with Crippen LogP contribution in [0.3, 0.4) is 0 Å². The number of hydrogen-bond donors (Lipinski definition) is 2. The van der Waals surface area contributed by atoms with Gasteiger partial charge < -0.3 is 20.3 Å². The number of halogens is 4. The number of ketones is 1. The quantitative estimate of drug-likeness (QED) is 0.316. The van der Waals surface area contributed by atoms with Gasteiger partial charge >= 0.3 is 6.18 Å². The summed E-state index contributed by atoms with van der Waals surface area (Å²) in [5.74, 6) is -0.355. The molecule has 1 aliphatic rings. The Hall–Kier alpha value is -3.50. The molecule has 2 aromatic carbocycles. The molecule has 6 nitrogen and oxygen atoms in total. The maximum atomic E-state index is 14.4. The van der Waals surface area contributed by atoms with E-state index in [2.05, 4.69) is 4.98 Å². The van der Waals surface area contributed by atoms with Crippen LogP contribution in [0.15, 0.2) is 48.5 Å². The van der Waals surface area contributed by atoms with E-state index in [9.17, 15) is 27.5 Å². The largest absolute Gasteiger partial charge is 0.454 e. The highest BCUT2D eigenvalue weighted by Crippen LogP contribution is 2.44. The minimum Gasteiger partial charge on any atom is -0.454 e. The molecule has 1 aliphatic heterocycles. The van der Waals surface area contributed by atoms with Crippen molar-refractivity contribution >= 4 is 5.78 Å². The van der Waals surface area contributed by atoms with Gasteiger partial charge in [-0.3, -0.25) is 4.79 Å². The molecule has 1 atom stereocenters. The second-order valence-corrected chi connectivity index (χ2v) is 9.66. The average Bonchev–Trinajstić information content (AvgIpc) is 3.30. The number of aryl methyl sites for hydroxylation is 1. The van der Waals surface area contributed by atoms with E-state index in [4.69, 9.17) is 15.2 Å². The van der Waals surface area contributed by atoms with Crippen molar-refractivity contribution < 1.29 is 36.9 Å². The molecular formula is C27H26F4N2O4. The first-order valence-corrected chi connectivity index (χ1v) is 11.5. The molecule has 3 aromatic rings. The van der Waals surface area contributed by atoms with Crippen molar-refractivity contribution in [2.45, 2.75) is 50.9 Å². The van der Waals surface area contributed by atoms with Gasteiger partial charge in [0.25, 0.3) is 0 Å². The summed E-state index contributed by atoms with van der Waals surface area (Å²) >= 11 is 0. The minimum atomic E-state index is -5.16. The zero-order valence-corrected chi connectivity index (χ0v) is 20.4. The summed E-state index contributed by atoms with van der Waals surface area (Å²) in [6.07, 6.45) is -6.77. The normalized spacial score (nSPS) is 14.9. The van der Waals surface area contributed by atoms with E-state index in [0.717, 1.165) is 6.07 Å². The van der Waals surface area contributed by atoms with Gasteiger partial charge in [0.2, 0.25) is 12.4 Å². The molecule has 0 saturated heterocycles. The van der Waals surface area contributed by atoms with Crippen molar-refractivity contribution in [3.05, 3.63) is 76.7 Å². The minimum absolute atomic E-state index is 0.0176. The highest BCUT2D eigenvalue weighted by atomic mass is 19.4. The number of benzene rings is 2. The Labute approximate surface area is 211 Å². The number of nitrogens with two attached hydrogens (primary N) is 1. The third-order valence-electron chi connectivity index (χ3n) is 6.32. The summed E-state index contributed by atoms with van der Waals surface area (Å²) < 4.78 is 67.4. The van der Waals surface area contributed by atoms with Gasteiger partial charge in [0, 0.05) is 23.1 Å². The van der Waals surface area contributed by atoms with E-state index in [0.29, 0.717) is 17.1 Å². The van der Waals surface area contributed by atoms with Crippen molar-refractivity contribution in [2.24, 2.45) is 5.73 Å². The van der Waals surface area contributed by atoms with E-state index >= 15 is 0 Å². The van der Waals surface area contributed by atoms with Crippen LogP contribution in [0.5, 0.6) is 11.5 Å². The lowest BCUT2D eigenvalue weighted by atomic mass is 9.86. The van der Waals surface area contributed by atoms with Crippen LogP contribution in [0.2, 0.25) is 0 Å². The van der Waals surface area contributed by atoms with Gasteiger partial charge in [0.1, 0.15) is 5.82 Å². The van der Waals surface area contributed by atoms with Crippen LogP contribution in [-0.2, 0) is 11.1 Å². The molecule has 3 N–H and O–H groups in total. The summed E-state index contributed by atoms with van der Waals surface area (Å²) in [7, 11) is 0. The van der Waals surface area contributed by atoms with Gasteiger partial charge in [-0.05, 0) is 86.8 Å². The number of rotatable bonds is 7. The maximum absolute atomic E-state index is 14.4. The van der Waals surface area contributed by atoms with Crippen LogP contribution in [0.4, 0.5) is 17.6 Å². The number of aromatic nitrogens is 1. The zero-order chi connectivity index (χ0) is 27.2. The molecular weight excluding hydrogens is 492 g/mol. The van der Waals surface area contributed by atoms with Gasteiger partial charge in [-0.2, -0.15) is 13.2 Å². The topological polar surface area (TPSA) is 94.7 Å². The number of hydrogen-bond acceptors (Lipinski definition) is 6. The van der Waals surface area contributed by atoms with Gasteiger partial charge in [-0.1, -0.05) is 0 Å². The van der Waals surface area contributed by atoms with Crippen LogP contribution in [-0.4, -0.2) is 28.8 Å². The first-order valence-electron chi connectivity index (χ1n) is 11.5. The molecule has 0 amide bonds. The highest BCUT2D eigenvalue weighted by Gasteiger charge is 2.56. The Balaban J connectivity index is 1.74. The fourth-order valence-corrected chi connectivity index (χ4v) is 3.99.